The molecule has 0 unspecified atom stereocenters. The van der Waals surface area contributed by atoms with Gasteiger partial charge in [-0.2, -0.15) is 0 Å². The molecule has 1 amide bonds. The summed E-state index contributed by atoms with van der Waals surface area (Å²) < 4.78 is 14.5. The van der Waals surface area contributed by atoms with Crippen molar-refractivity contribution in [3.05, 3.63) is 17.0 Å². The summed E-state index contributed by atoms with van der Waals surface area (Å²) in [7, 11) is 1.39. The first-order chi connectivity index (χ1) is 9.54. The Morgan fingerprint density at radius 1 is 1.20 bits per heavy atom. The van der Waals surface area contributed by atoms with E-state index < -0.39 is 17.8 Å². The monoisotopic (exact) mass is 284 g/mol. The van der Waals surface area contributed by atoms with Crippen molar-refractivity contribution in [3.8, 4) is 0 Å². The fourth-order valence-corrected chi connectivity index (χ4v) is 1.48. The van der Waals surface area contributed by atoms with E-state index in [1.54, 1.807) is 13.8 Å². The summed E-state index contributed by atoms with van der Waals surface area (Å²) in [4.78, 5) is 34.9. The minimum absolute atomic E-state index is 0.0551. The van der Waals surface area contributed by atoms with E-state index in [1.807, 2.05) is 0 Å². The maximum Gasteiger partial charge on any atom is 0.344 e. The molecule has 8 nitrogen and oxygen atoms in total. The van der Waals surface area contributed by atoms with Crippen LogP contribution in [0.15, 0.2) is 4.52 Å². The Labute approximate surface area is 115 Å². The van der Waals surface area contributed by atoms with Crippen LogP contribution in [0.4, 0.5) is 0 Å². The van der Waals surface area contributed by atoms with Gasteiger partial charge in [0.1, 0.15) is 12.0 Å². The molecule has 0 saturated carbocycles. The Balaban J connectivity index is 3.11. The smallest absolute Gasteiger partial charge is 0.344 e. The van der Waals surface area contributed by atoms with Gasteiger partial charge in [0, 0.05) is 7.05 Å². The average Bonchev–Trinajstić information content (AvgIpc) is 2.82. The normalized spacial score (nSPS) is 9.95. The van der Waals surface area contributed by atoms with Crippen LogP contribution < -0.4 is 5.32 Å². The molecule has 0 aliphatic heterocycles. The zero-order valence-electron chi connectivity index (χ0n) is 11.5. The molecule has 0 aliphatic rings. The minimum atomic E-state index is -0.772. The van der Waals surface area contributed by atoms with E-state index in [2.05, 4.69) is 10.5 Å². The van der Waals surface area contributed by atoms with Gasteiger partial charge in [-0.1, -0.05) is 5.16 Å². The van der Waals surface area contributed by atoms with E-state index in [4.69, 9.17) is 14.0 Å². The summed E-state index contributed by atoms with van der Waals surface area (Å²) in [6.07, 6.45) is -0.300. The maximum atomic E-state index is 11.9. The summed E-state index contributed by atoms with van der Waals surface area (Å²) in [5.41, 5.74) is -0.371. The van der Waals surface area contributed by atoms with Gasteiger partial charge in [-0.3, -0.25) is 9.59 Å². The fraction of sp³-hybridized carbons (Fsp3) is 0.500. The number of amides is 1. The fourth-order valence-electron chi connectivity index (χ4n) is 1.48. The molecule has 20 heavy (non-hydrogen) atoms. The van der Waals surface area contributed by atoms with Gasteiger partial charge in [-0.05, 0) is 13.8 Å². The highest BCUT2D eigenvalue weighted by Gasteiger charge is 2.29. The van der Waals surface area contributed by atoms with Gasteiger partial charge in [-0.15, -0.1) is 0 Å². The van der Waals surface area contributed by atoms with Gasteiger partial charge in [0.15, 0.2) is 11.5 Å². The zero-order valence-corrected chi connectivity index (χ0v) is 11.5. The van der Waals surface area contributed by atoms with Crippen molar-refractivity contribution in [2.45, 2.75) is 20.3 Å². The van der Waals surface area contributed by atoms with E-state index in [0.29, 0.717) is 0 Å². The van der Waals surface area contributed by atoms with Gasteiger partial charge in [-0.25, -0.2) is 4.79 Å². The first-order valence-corrected chi connectivity index (χ1v) is 6.08. The number of rotatable bonds is 6. The van der Waals surface area contributed by atoms with Crippen LogP contribution in [-0.4, -0.2) is 43.3 Å². The van der Waals surface area contributed by atoms with E-state index in [-0.39, 0.29) is 36.7 Å². The third-order valence-corrected chi connectivity index (χ3v) is 2.29. The SMILES string of the molecule is CCOC(=O)Cc1onc(C(=O)NC)c1C(=O)OCC. The number of carbonyl (C=O) groups excluding carboxylic acids is 3. The molecular formula is C12H16N2O6. The maximum absolute atomic E-state index is 11.9. The molecule has 0 spiro atoms. The quantitative estimate of drug-likeness (QED) is 0.749. The zero-order chi connectivity index (χ0) is 15.1. The Hall–Kier alpha value is -2.38. The number of carbonyl (C=O) groups is 3. The molecule has 0 saturated heterocycles. The van der Waals surface area contributed by atoms with Gasteiger partial charge < -0.3 is 19.3 Å². The predicted octanol–water partition coefficient (Wildman–Crippen LogP) is 0.316. The van der Waals surface area contributed by atoms with Gasteiger partial charge in [0.2, 0.25) is 0 Å². The summed E-state index contributed by atoms with van der Waals surface area (Å²) in [5.74, 6) is -2.02. The Bertz CT molecular complexity index is 508. The summed E-state index contributed by atoms with van der Waals surface area (Å²) in [5, 5.41) is 5.83. The lowest BCUT2D eigenvalue weighted by molar-refractivity contribution is -0.142. The summed E-state index contributed by atoms with van der Waals surface area (Å²) >= 11 is 0. The van der Waals surface area contributed by atoms with Crippen LogP contribution >= 0.6 is 0 Å². The highest BCUT2D eigenvalue weighted by Crippen LogP contribution is 2.17. The molecule has 1 aromatic heterocycles. The predicted molar refractivity (Wildman–Crippen MR) is 66.2 cm³/mol. The van der Waals surface area contributed by atoms with Crippen LogP contribution in [0.2, 0.25) is 0 Å². The minimum Gasteiger partial charge on any atom is -0.466 e. The lowest BCUT2D eigenvalue weighted by Gasteiger charge is -2.03. The first-order valence-electron chi connectivity index (χ1n) is 6.08. The molecule has 1 aromatic rings. The second-order valence-electron chi connectivity index (χ2n) is 3.61. The Kier molecular flexibility index (Phi) is 5.70. The second-order valence-corrected chi connectivity index (χ2v) is 3.61. The van der Waals surface area contributed by atoms with Crippen LogP contribution in [0.25, 0.3) is 0 Å². The van der Waals surface area contributed by atoms with Gasteiger partial charge in [0.05, 0.1) is 13.2 Å². The van der Waals surface area contributed by atoms with Crippen molar-refractivity contribution in [3.63, 3.8) is 0 Å². The molecular weight excluding hydrogens is 268 g/mol. The Morgan fingerprint density at radius 3 is 2.40 bits per heavy atom. The number of esters is 2. The number of aromatic nitrogens is 1. The topological polar surface area (TPSA) is 108 Å². The number of ether oxygens (including phenoxy) is 2. The van der Waals surface area contributed by atoms with Crippen LogP contribution in [0, 0.1) is 0 Å². The highest BCUT2D eigenvalue weighted by molar-refractivity contribution is 6.04. The summed E-state index contributed by atoms with van der Waals surface area (Å²) in [6, 6.07) is 0. The molecule has 0 radical (unpaired) electrons. The highest BCUT2D eigenvalue weighted by atomic mass is 16.5. The third-order valence-electron chi connectivity index (χ3n) is 2.29. The molecule has 8 heteroatoms. The van der Waals surface area contributed by atoms with Crippen LogP contribution in [0.3, 0.4) is 0 Å². The van der Waals surface area contributed by atoms with Crippen LogP contribution in [0.1, 0.15) is 40.5 Å². The molecule has 0 atom stereocenters. The van der Waals surface area contributed by atoms with Crippen molar-refractivity contribution in [1.82, 2.24) is 10.5 Å². The molecule has 0 fully saturated rings. The lowest BCUT2D eigenvalue weighted by Crippen LogP contribution is -2.22. The van der Waals surface area contributed by atoms with Gasteiger partial charge >= 0.3 is 11.9 Å². The van der Waals surface area contributed by atoms with Crippen molar-refractivity contribution >= 4 is 17.8 Å². The Morgan fingerprint density at radius 2 is 1.85 bits per heavy atom. The van der Waals surface area contributed by atoms with E-state index in [1.165, 1.54) is 7.05 Å². The number of hydrogen-bond acceptors (Lipinski definition) is 7. The molecule has 1 rings (SSSR count). The van der Waals surface area contributed by atoms with Crippen molar-refractivity contribution < 1.29 is 28.4 Å². The van der Waals surface area contributed by atoms with E-state index in [9.17, 15) is 14.4 Å². The van der Waals surface area contributed by atoms with Gasteiger partial charge in [0.25, 0.3) is 5.91 Å². The van der Waals surface area contributed by atoms with Crippen molar-refractivity contribution in [2.75, 3.05) is 20.3 Å². The molecule has 1 heterocycles. The molecule has 110 valence electrons. The molecule has 0 aliphatic carbocycles. The van der Waals surface area contributed by atoms with E-state index in [0.717, 1.165) is 0 Å². The largest absolute Gasteiger partial charge is 0.466 e. The summed E-state index contributed by atoms with van der Waals surface area (Å²) in [6.45, 7) is 3.59. The van der Waals surface area contributed by atoms with Crippen molar-refractivity contribution in [1.29, 1.82) is 0 Å². The van der Waals surface area contributed by atoms with E-state index >= 15 is 0 Å². The molecule has 0 aromatic carbocycles. The number of hydrogen-bond donors (Lipinski definition) is 1. The first kappa shape index (κ1) is 15.7. The number of nitrogens with one attached hydrogen (secondary N) is 1. The third kappa shape index (κ3) is 3.56. The molecule has 1 N–H and O–H groups in total. The van der Waals surface area contributed by atoms with Crippen molar-refractivity contribution in [2.24, 2.45) is 0 Å². The van der Waals surface area contributed by atoms with Crippen LogP contribution in [0.5, 0.6) is 0 Å². The average molecular weight is 284 g/mol. The lowest BCUT2D eigenvalue weighted by atomic mass is 10.1. The van der Waals surface area contributed by atoms with Crippen LogP contribution in [-0.2, 0) is 20.7 Å². The second kappa shape index (κ2) is 7.27. The number of nitrogens with zero attached hydrogens (tertiary/aromatic N) is 1. The molecule has 0 bridgehead atoms. The standard InChI is InChI=1S/C12H16N2O6/c1-4-18-8(15)6-7-9(12(17)19-5-2)10(14-20-7)11(16)13-3/h4-6H2,1-3H3,(H,13,16).